The Bertz CT molecular complexity index is 984. The van der Waals surface area contributed by atoms with Crippen LogP contribution in [0.4, 0.5) is 19.1 Å². The first-order valence-corrected chi connectivity index (χ1v) is 7.96. The zero-order chi connectivity index (χ0) is 19.6. The van der Waals surface area contributed by atoms with Gasteiger partial charge in [0.15, 0.2) is 11.5 Å². The number of nitrogens with one attached hydrogen (secondary N) is 1. The van der Waals surface area contributed by atoms with Crippen LogP contribution in [-0.4, -0.2) is 51.3 Å². The van der Waals surface area contributed by atoms with E-state index in [0.29, 0.717) is 26.2 Å². The van der Waals surface area contributed by atoms with Crippen LogP contribution in [0.3, 0.4) is 0 Å². The Morgan fingerprint density at radius 2 is 2.07 bits per heavy atom. The number of hydrogen-bond donors (Lipinski definition) is 1. The van der Waals surface area contributed by atoms with E-state index in [4.69, 9.17) is 0 Å². The second-order valence-electron chi connectivity index (χ2n) is 5.64. The highest BCUT2D eigenvalue weighted by Crippen LogP contribution is 2.29. The number of imidazole rings is 1. The molecule has 0 amide bonds. The molecule has 12 heteroatoms. The van der Waals surface area contributed by atoms with Gasteiger partial charge in [-0.25, -0.2) is 29.1 Å². The number of halogens is 3. The highest BCUT2D eigenvalue weighted by molar-refractivity contribution is 5.86. The van der Waals surface area contributed by atoms with Gasteiger partial charge < -0.3 is 10.2 Å². The minimum absolute atomic E-state index is 0.0153. The molecule has 0 saturated carbocycles. The summed E-state index contributed by atoms with van der Waals surface area (Å²) in [5, 5.41) is 3.14. The Morgan fingerprint density at radius 3 is 2.70 bits per heavy atom. The van der Waals surface area contributed by atoms with Crippen molar-refractivity contribution >= 4 is 23.0 Å². The molecule has 1 N–H and O–H groups in total. The molecule has 1 aliphatic rings. The average molecular weight is 384 g/mol. The van der Waals surface area contributed by atoms with Crippen LogP contribution in [-0.2, 0) is 22.3 Å². The highest BCUT2D eigenvalue weighted by Gasteiger charge is 2.48. The fourth-order valence-electron chi connectivity index (χ4n) is 2.88. The number of aromatic nitrogens is 4. The van der Waals surface area contributed by atoms with Gasteiger partial charge in [0.05, 0.1) is 6.54 Å². The van der Waals surface area contributed by atoms with Crippen LogP contribution in [0.1, 0.15) is 6.92 Å². The van der Waals surface area contributed by atoms with E-state index >= 15 is 0 Å². The van der Waals surface area contributed by atoms with E-state index < -0.39 is 23.4 Å². The van der Waals surface area contributed by atoms with E-state index in [1.165, 1.54) is 6.92 Å². The molecule has 1 saturated heterocycles. The lowest BCUT2D eigenvalue weighted by Crippen LogP contribution is -2.44. The molecule has 2 aromatic rings. The summed E-state index contributed by atoms with van der Waals surface area (Å²) in [4.78, 5) is 36.2. The van der Waals surface area contributed by atoms with Gasteiger partial charge in [-0.2, -0.15) is 8.78 Å². The minimum Gasteiger partial charge on any atom is -0.352 e. The van der Waals surface area contributed by atoms with Gasteiger partial charge in [-0.15, -0.1) is 5.92 Å². The first-order chi connectivity index (χ1) is 12.9. The Morgan fingerprint density at radius 1 is 1.37 bits per heavy atom. The van der Waals surface area contributed by atoms with Crippen LogP contribution >= 0.6 is 0 Å². The largest absolute Gasteiger partial charge is 0.440 e. The van der Waals surface area contributed by atoms with Crippen molar-refractivity contribution in [3.63, 3.8) is 0 Å². The molecule has 0 radical (unpaired) electrons. The maximum atomic E-state index is 14.4. The molecule has 144 valence electrons. The second-order valence-corrected chi connectivity index (χ2v) is 5.64. The third kappa shape index (κ3) is 3.10. The van der Waals surface area contributed by atoms with E-state index in [1.807, 2.05) is 0 Å². The van der Waals surface area contributed by atoms with Crippen molar-refractivity contribution in [1.82, 2.24) is 24.4 Å². The number of rotatable bonds is 4. The van der Waals surface area contributed by atoms with Crippen molar-refractivity contribution in [3.8, 4) is 11.8 Å². The van der Waals surface area contributed by atoms with E-state index in [1.54, 1.807) is 4.90 Å². The zero-order valence-electron chi connectivity index (χ0n) is 14.2. The number of carbonyl (C=O) groups is 1. The molecule has 1 aliphatic heterocycles. The summed E-state index contributed by atoms with van der Waals surface area (Å²) in [5.41, 5.74) is -1.81. The predicted molar refractivity (Wildman–Crippen MR) is 87.7 cm³/mol. The van der Waals surface area contributed by atoms with E-state index in [2.05, 4.69) is 32.1 Å². The summed E-state index contributed by atoms with van der Waals surface area (Å²) >= 11 is 0. The Kier molecular flexibility index (Phi) is 5.04. The molecule has 0 spiro atoms. The molecule has 0 aliphatic carbocycles. The maximum absolute atomic E-state index is 14.4. The number of alkyl halides is 2. The lowest BCUT2D eigenvalue weighted by Gasteiger charge is -2.28. The number of hydrogen-bond acceptors (Lipinski definition) is 7. The number of anilines is 1. The number of carbonyl (C=O) groups excluding carboxylic acids is 1. The predicted octanol–water partition coefficient (Wildman–Crippen LogP) is 0.00290. The number of piperazine rings is 1. The van der Waals surface area contributed by atoms with Gasteiger partial charge in [0, 0.05) is 30.7 Å². The van der Waals surface area contributed by atoms with Crippen molar-refractivity contribution in [2.45, 2.75) is 19.5 Å². The van der Waals surface area contributed by atoms with Crippen LogP contribution in [0, 0.1) is 11.8 Å². The molecular formula is C15H15F3N6O3. The molecule has 3 rings (SSSR count). The van der Waals surface area contributed by atoms with Crippen molar-refractivity contribution in [1.29, 1.82) is 0 Å². The van der Waals surface area contributed by atoms with Gasteiger partial charge in [-0.05, 0) is 6.92 Å². The fraction of sp³-hybridized carbons (Fsp3) is 0.467. The smallest absolute Gasteiger partial charge is 0.352 e. The normalized spacial score (nSPS) is 14.7. The van der Waals surface area contributed by atoms with E-state index in [0.717, 1.165) is 10.9 Å². The summed E-state index contributed by atoms with van der Waals surface area (Å²) in [6, 6.07) is -4.59. The summed E-state index contributed by atoms with van der Waals surface area (Å²) in [5.74, 6) is 2.91. The van der Waals surface area contributed by atoms with Gasteiger partial charge in [-0.1, -0.05) is 5.92 Å². The second kappa shape index (κ2) is 7.28. The monoisotopic (exact) mass is 384 g/mol. The maximum Gasteiger partial charge on any atom is 0.440 e. The van der Waals surface area contributed by atoms with Crippen LogP contribution in [0.5, 0.6) is 0 Å². The molecule has 1 fully saturated rings. The fourth-order valence-corrected chi connectivity index (χ4v) is 2.88. The molecule has 0 unspecified atom stereocenters. The van der Waals surface area contributed by atoms with Crippen LogP contribution < -0.4 is 15.9 Å². The molecule has 27 heavy (non-hydrogen) atoms. The number of fused-ring (bicyclic) bond motifs is 1. The van der Waals surface area contributed by atoms with E-state index in [-0.39, 0.29) is 22.4 Å². The lowest BCUT2D eigenvalue weighted by atomic mass is 10.3. The van der Waals surface area contributed by atoms with Crippen LogP contribution in [0.2, 0.25) is 0 Å². The topological polar surface area (TPSA) is 94.3 Å². The Hall–Kier alpha value is -3.07. The molecule has 3 heterocycles. The van der Waals surface area contributed by atoms with Crippen molar-refractivity contribution in [3.05, 3.63) is 16.8 Å². The van der Waals surface area contributed by atoms with Crippen LogP contribution in [0.25, 0.3) is 11.2 Å². The molecule has 0 bridgehead atoms. The van der Waals surface area contributed by atoms with Crippen molar-refractivity contribution < 1.29 is 23.0 Å². The van der Waals surface area contributed by atoms with Gasteiger partial charge in [0.1, 0.15) is 11.8 Å². The zero-order valence-corrected chi connectivity index (χ0v) is 14.2. The van der Waals surface area contributed by atoms with Gasteiger partial charge in [-0.3, -0.25) is 4.57 Å². The third-order valence-electron chi connectivity index (χ3n) is 4.11. The standard InChI is InChI=1S/C15H15F3N6O3/c1-2-3-6-23-10-11(22-7-4-19-5-8-22)20-9-21-12(10)24(14(23)26)15(16,17)13(25)27-18/h9,19H,4-8H2,1H3. The molecule has 0 atom stereocenters. The summed E-state index contributed by atoms with van der Waals surface area (Å²) in [6.45, 7) is 3.60. The quantitative estimate of drug-likeness (QED) is 0.742. The highest BCUT2D eigenvalue weighted by atomic mass is 19.3. The molecule has 2 aromatic heterocycles. The average Bonchev–Trinajstić information content (AvgIpc) is 2.98. The van der Waals surface area contributed by atoms with Gasteiger partial charge >= 0.3 is 17.7 Å². The summed E-state index contributed by atoms with van der Waals surface area (Å²) in [7, 11) is 0. The number of nitrogens with zero attached hydrogens (tertiary/aromatic N) is 5. The van der Waals surface area contributed by atoms with Crippen molar-refractivity contribution in [2.75, 3.05) is 31.1 Å². The molecule has 0 aromatic carbocycles. The van der Waals surface area contributed by atoms with Crippen molar-refractivity contribution in [2.24, 2.45) is 0 Å². The Labute approximate surface area is 150 Å². The SMILES string of the molecule is CC#CCn1c(=O)n(C(F)(F)C(=O)OF)c2ncnc(N3CCNCC3)c21. The van der Waals surface area contributed by atoms with Crippen LogP contribution in [0.15, 0.2) is 11.1 Å². The van der Waals surface area contributed by atoms with E-state index in [9.17, 15) is 22.9 Å². The summed E-state index contributed by atoms with van der Waals surface area (Å²) < 4.78 is 41.6. The third-order valence-corrected chi connectivity index (χ3v) is 4.11. The first-order valence-electron chi connectivity index (χ1n) is 7.96. The lowest BCUT2D eigenvalue weighted by molar-refractivity contribution is -0.225. The summed E-state index contributed by atoms with van der Waals surface area (Å²) in [6.07, 6.45) is 1.00. The minimum atomic E-state index is -4.59. The molecule has 9 nitrogen and oxygen atoms in total. The molecular weight excluding hydrogens is 369 g/mol. The first kappa shape index (κ1) is 18.7. The van der Waals surface area contributed by atoms with Gasteiger partial charge in [0.25, 0.3) is 0 Å². The van der Waals surface area contributed by atoms with Gasteiger partial charge in [0.2, 0.25) is 0 Å². The Balaban J connectivity index is 2.32.